The van der Waals surface area contributed by atoms with Crippen LogP contribution >= 0.6 is 0 Å². The molecule has 0 spiro atoms. The SMILES string of the molecule is CCN1CCC(NC(=O)C23CC4CC(CC(C4)C2)C3)CC1. The van der Waals surface area contributed by atoms with Gasteiger partial charge in [-0.2, -0.15) is 0 Å². The second-order valence-electron chi connectivity index (χ2n) is 8.38. The molecule has 0 aromatic carbocycles. The lowest BCUT2D eigenvalue weighted by Crippen LogP contribution is -2.56. The molecule has 4 aliphatic carbocycles. The average molecular weight is 290 g/mol. The minimum absolute atomic E-state index is 0.0383. The fourth-order valence-electron chi connectivity index (χ4n) is 6.12. The number of nitrogens with zero attached hydrogens (tertiary/aromatic N) is 1. The van der Waals surface area contributed by atoms with Crippen molar-refractivity contribution < 1.29 is 4.79 Å². The van der Waals surface area contributed by atoms with Crippen molar-refractivity contribution in [2.45, 2.75) is 64.3 Å². The molecule has 3 nitrogen and oxygen atoms in total. The van der Waals surface area contributed by atoms with Crippen LogP contribution in [-0.4, -0.2) is 36.5 Å². The highest BCUT2D eigenvalue weighted by Gasteiger charge is 2.54. The van der Waals surface area contributed by atoms with E-state index in [4.69, 9.17) is 0 Å². The molecule has 4 saturated carbocycles. The standard InChI is InChI=1S/C18H30N2O/c1-2-20-5-3-16(4-6-20)19-17(21)18-10-13-7-14(11-18)9-15(8-13)12-18/h13-16H,2-12H2,1H3,(H,19,21). The van der Waals surface area contributed by atoms with Gasteiger partial charge in [0, 0.05) is 24.5 Å². The molecule has 1 amide bonds. The fourth-order valence-corrected chi connectivity index (χ4v) is 6.12. The number of hydrogen-bond acceptors (Lipinski definition) is 2. The van der Waals surface area contributed by atoms with Gasteiger partial charge in [0.05, 0.1) is 0 Å². The number of carbonyl (C=O) groups is 1. The summed E-state index contributed by atoms with van der Waals surface area (Å²) in [6.07, 6.45) is 10.1. The Balaban J connectivity index is 1.39. The molecule has 1 heterocycles. The molecule has 21 heavy (non-hydrogen) atoms. The summed E-state index contributed by atoms with van der Waals surface area (Å²) in [4.78, 5) is 15.5. The Bertz CT molecular complexity index is 376. The Morgan fingerprint density at radius 2 is 1.57 bits per heavy atom. The molecule has 5 aliphatic rings. The van der Waals surface area contributed by atoms with E-state index < -0.39 is 0 Å². The number of nitrogens with one attached hydrogen (secondary N) is 1. The van der Waals surface area contributed by atoms with E-state index in [9.17, 15) is 4.79 Å². The molecule has 5 rings (SSSR count). The molecule has 1 N–H and O–H groups in total. The third kappa shape index (κ3) is 2.52. The van der Waals surface area contributed by atoms with Gasteiger partial charge in [-0.1, -0.05) is 6.92 Å². The third-order valence-corrected chi connectivity index (χ3v) is 6.89. The average Bonchev–Trinajstić information content (AvgIpc) is 2.46. The summed E-state index contributed by atoms with van der Waals surface area (Å²) in [5.74, 6) is 3.02. The van der Waals surface area contributed by atoms with Crippen LogP contribution in [-0.2, 0) is 4.79 Å². The lowest BCUT2D eigenvalue weighted by molar-refractivity contribution is -0.147. The molecule has 4 bridgehead atoms. The molecular formula is C18H30N2O. The smallest absolute Gasteiger partial charge is 0.226 e. The van der Waals surface area contributed by atoms with Crippen molar-refractivity contribution in [3.05, 3.63) is 0 Å². The van der Waals surface area contributed by atoms with Crippen molar-refractivity contribution in [3.8, 4) is 0 Å². The molecule has 0 aromatic rings. The van der Waals surface area contributed by atoms with Crippen molar-refractivity contribution in [2.75, 3.05) is 19.6 Å². The van der Waals surface area contributed by atoms with Crippen molar-refractivity contribution in [2.24, 2.45) is 23.2 Å². The van der Waals surface area contributed by atoms with Crippen LogP contribution < -0.4 is 5.32 Å². The highest BCUT2D eigenvalue weighted by molar-refractivity contribution is 5.83. The van der Waals surface area contributed by atoms with E-state index in [2.05, 4.69) is 17.1 Å². The maximum absolute atomic E-state index is 13.0. The van der Waals surface area contributed by atoms with E-state index in [0.717, 1.165) is 50.2 Å². The maximum Gasteiger partial charge on any atom is 0.226 e. The quantitative estimate of drug-likeness (QED) is 0.867. The zero-order valence-corrected chi connectivity index (χ0v) is 13.4. The van der Waals surface area contributed by atoms with Crippen LogP contribution in [0.4, 0.5) is 0 Å². The van der Waals surface area contributed by atoms with Crippen LogP contribution in [0.1, 0.15) is 58.3 Å². The first-order valence-corrected chi connectivity index (χ1v) is 9.20. The molecule has 0 radical (unpaired) electrons. The number of piperidine rings is 1. The van der Waals surface area contributed by atoms with E-state index >= 15 is 0 Å². The van der Waals surface area contributed by atoms with Gasteiger partial charge in [-0.3, -0.25) is 4.79 Å². The summed E-state index contributed by atoms with van der Waals surface area (Å²) in [5, 5.41) is 3.45. The van der Waals surface area contributed by atoms with Crippen LogP contribution in [0.25, 0.3) is 0 Å². The Labute approximate surface area is 128 Å². The maximum atomic E-state index is 13.0. The summed E-state index contributed by atoms with van der Waals surface area (Å²) in [6, 6.07) is 0.438. The second-order valence-corrected chi connectivity index (χ2v) is 8.38. The molecule has 3 heteroatoms. The minimum atomic E-state index is 0.0383. The zero-order valence-electron chi connectivity index (χ0n) is 13.4. The lowest BCUT2D eigenvalue weighted by Gasteiger charge is -2.56. The van der Waals surface area contributed by atoms with E-state index in [1.54, 1.807) is 0 Å². The normalized spacial score (nSPS) is 43.2. The van der Waals surface area contributed by atoms with Gasteiger partial charge in [-0.05, 0) is 75.7 Å². The third-order valence-electron chi connectivity index (χ3n) is 6.89. The highest BCUT2D eigenvalue weighted by atomic mass is 16.2. The zero-order chi connectivity index (χ0) is 14.4. The topological polar surface area (TPSA) is 32.3 Å². The van der Waals surface area contributed by atoms with E-state index in [0.29, 0.717) is 11.9 Å². The number of hydrogen-bond donors (Lipinski definition) is 1. The van der Waals surface area contributed by atoms with Gasteiger partial charge in [-0.15, -0.1) is 0 Å². The van der Waals surface area contributed by atoms with Gasteiger partial charge < -0.3 is 10.2 Å². The van der Waals surface area contributed by atoms with Crippen LogP contribution in [0.15, 0.2) is 0 Å². The van der Waals surface area contributed by atoms with Crippen molar-refractivity contribution in [1.29, 1.82) is 0 Å². The van der Waals surface area contributed by atoms with Gasteiger partial charge in [0.1, 0.15) is 0 Å². The molecule has 0 unspecified atom stereocenters. The first-order valence-electron chi connectivity index (χ1n) is 9.20. The summed E-state index contributed by atoms with van der Waals surface area (Å²) in [5.41, 5.74) is 0.0383. The second kappa shape index (κ2) is 5.26. The largest absolute Gasteiger partial charge is 0.353 e. The van der Waals surface area contributed by atoms with Gasteiger partial charge in [0.15, 0.2) is 0 Å². The molecule has 118 valence electrons. The number of likely N-dealkylation sites (tertiary alicyclic amines) is 1. The Morgan fingerprint density at radius 1 is 1.05 bits per heavy atom. The molecule has 5 fully saturated rings. The molecule has 1 saturated heterocycles. The minimum Gasteiger partial charge on any atom is -0.353 e. The summed E-state index contributed by atoms with van der Waals surface area (Å²) in [7, 11) is 0. The molecular weight excluding hydrogens is 260 g/mol. The first kappa shape index (κ1) is 14.0. The first-order chi connectivity index (χ1) is 10.2. The monoisotopic (exact) mass is 290 g/mol. The lowest BCUT2D eigenvalue weighted by atomic mass is 9.49. The van der Waals surface area contributed by atoms with Gasteiger partial charge in [0.25, 0.3) is 0 Å². The number of amides is 1. The van der Waals surface area contributed by atoms with Crippen LogP contribution in [0, 0.1) is 23.2 Å². The van der Waals surface area contributed by atoms with Crippen LogP contribution in [0.3, 0.4) is 0 Å². The highest BCUT2D eigenvalue weighted by Crippen LogP contribution is 2.60. The predicted molar refractivity (Wildman–Crippen MR) is 83.9 cm³/mol. The Morgan fingerprint density at radius 3 is 2.05 bits per heavy atom. The van der Waals surface area contributed by atoms with Crippen molar-refractivity contribution in [1.82, 2.24) is 10.2 Å². The number of carbonyl (C=O) groups excluding carboxylic acids is 1. The van der Waals surface area contributed by atoms with Crippen molar-refractivity contribution in [3.63, 3.8) is 0 Å². The van der Waals surface area contributed by atoms with Crippen molar-refractivity contribution >= 4 is 5.91 Å². The molecule has 0 atom stereocenters. The van der Waals surface area contributed by atoms with Gasteiger partial charge >= 0.3 is 0 Å². The van der Waals surface area contributed by atoms with Gasteiger partial charge in [0.2, 0.25) is 5.91 Å². The van der Waals surface area contributed by atoms with Gasteiger partial charge in [-0.25, -0.2) is 0 Å². The Hall–Kier alpha value is -0.570. The Kier molecular flexibility index (Phi) is 3.52. The fraction of sp³-hybridized carbons (Fsp3) is 0.944. The summed E-state index contributed by atoms with van der Waals surface area (Å²) >= 11 is 0. The van der Waals surface area contributed by atoms with E-state index in [1.165, 1.54) is 38.5 Å². The molecule has 1 aliphatic heterocycles. The van der Waals surface area contributed by atoms with Crippen LogP contribution in [0.2, 0.25) is 0 Å². The summed E-state index contributed by atoms with van der Waals surface area (Å²) in [6.45, 7) is 5.69. The van der Waals surface area contributed by atoms with Crippen LogP contribution in [0.5, 0.6) is 0 Å². The van der Waals surface area contributed by atoms with E-state index in [-0.39, 0.29) is 5.41 Å². The number of rotatable bonds is 3. The summed E-state index contributed by atoms with van der Waals surface area (Å²) < 4.78 is 0. The predicted octanol–water partition coefficient (Wildman–Crippen LogP) is 2.80. The van der Waals surface area contributed by atoms with E-state index in [1.807, 2.05) is 0 Å². The molecule has 0 aromatic heterocycles.